The largest absolute Gasteiger partial charge is 0.508 e. The summed E-state index contributed by atoms with van der Waals surface area (Å²) in [4.78, 5) is 27.9. The molecule has 0 saturated carbocycles. The van der Waals surface area contributed by atoms with Gasteiger partial charge in [0.2, 0.25) is 11.8 Å². The molecule has 5 heteroatoms. The van der Waals surface area contributed by atoms with E-state index in [2.05, 4.69) is 12.2 Å². The van der Waals surface area contributed by atoms with E-state index in [0.29, 0.717) is 13.1 Å². The number of fused-ring (bicyclic) bond motifs is 1. The van der Waals surface area contributed by atoms with Crippen LogP contribution in [-0.4, -0.2) is 28.4 Å². The summed E-state index contributed by atoms with van der Waals surface area (Å²) in [5.41, 5.74) is 1.78. The van der Waals surface area contributed by atoms with Gasteiger partial charge < -0.3 is 15.3 Å². The summed E-state index contributed by atoms with van der Waals surface area (Å²) >= 11 is 0. The molecule has 0 aliphatic carbocycles. The van der Waals surface area contributed by atoms with Crippen LogP contribution in [0.4, 0.5) is 0 Å². The van der Waals surface area contributed by atoms with Crippen LogP contribution in [0, 0.1) is 0 Å². The number of hydrogen-bond donors (Lipinski definition) is 2. The summed E-state index contributed by atoms with van der Waals surface area (Å²) in [5.74, 6) is -0.103. The number of unbranched alkanes of at least 4 members (excludes halogenated alkanes) is 5. The molecule has 2 N–H and O–H groups in total. The van der Waals surface area contributed by atoms with E-state index in [1.807, 2.05) is 54.6 Å². The number of nitrogens with one attached hydrogen (secondary N) is 1. The number of aromatic hydroxyl groups is 1. The molecule has 3 rings (SSSR count). The summed E-state index contributed by atoms with van der Waals surface area (Å²) in [7, 11) is 0. The standard InChI is InChI=1S/C29H36N2O3/c1-3-4-5-6-7-11-18-31(22(2)32)28(29(34)30-21-23-12-9-8-10-13-23)26-15-14-25-20-27(33)17-16-24(25)19-26/h8-10,12-17,19-20,28,33H,3-7,11,18,21H2,1-2H3,(H,30,34). The third kappa shape index (κ3) is 7.08. The average molecular weight is 461 g/mol. The fourth-order valence-corrected chi connectivity index (χ4v) is 4.31. The smallest absolute Gasteiger partial charge is 0.247 e. The van der Waals surface area contributed by atoms with Crippen molar-refractivity contribution in [3.63, 3.8) is 0 Å². The molecule has 5 nitrogen and oxygen atoms in total. The predicted octanol–water partition coefficient (Wildman–Crippen LogP) is 6.11. The lowest BCUT2D eigenvalue weighted by Gasteiger charge is -2.31. The molecule has 0 heterocycles. The number of nitrogens with zero attached hydrogens (tertiary/aromatic N) is 1. The first-order valence-corrected chi connectivity index (χ1v) is 12.3. The van der Waals surface area contributed by atoms with Gasteiger partial charge in [-0.3, -0.25) is 9.59 Å². The summed E-state index contributed by atoms with van der Waals surface area (Å²) in [5, 5.41) is 14.6. The highest BCUT2D eigenvalue weighted by molar-refractivity contribution is 5.90. The fraction of sp³-hybridized carbons (Fsp3) is 0.379. The molecule has 0 spiro atoms. The van der Waals surface area contributed by atoms with Crippen molar-refractivity contribution in [2.24, 2.45) is 0 Å². The Hall–Kier alpha value is -3.34. The molecule has 0 aromatic heterocycles. The molecule has 34 heavy (non-hydrogen) atoms. The van der Waals surface area contributed by atoms with Crippen LogP contribution in [-0.2, 0) is 16.1 Å². The van der Waals surface area contributed by atoms with E-state index in [9.17, 15) is 14.7 Å². The van der Waals surface area contributed by atoms with Crippen molar-refractivity contribution in [3.8, 4) is 5.75 Å². The second-order valence-corrected chi connectivity index (χ2v) is 8.88. The van der Waals surface area contributed by atoms with Crippen LogP contribution in [0.15, 0.2) is 66.7 Å². The first-order valence-electron chi connectivity index (χ1n) is 12.3. The highest BCUT2D eigenvalue weighted by Crippen LogP contribution is 2.28. The van der Waals surface area contributed by atoms with Crippen LogP contribution in [0.25, 0.3) is 10.8 Å². The molecule has 3 aromatic rings. The zero-order valence-corrected chi connectivity index (χ0v) is 20.3. The van der Waals surface area contributed by atoms with Gasteiger partial charge in [-0.2, -0.15) is 0 Å². The maximum Gasteiger partial charge on any atom is 0.247 e. The van der Waals surface area contributed by atoms with Crippen LogP contribution in [0.3, 0.4) is 0 Å². The summed E-state index contributed by atoms with van der Waals surface area (Å²) in [6.07, 6.45) is 6.68. The Morgan fingerprint density at radius 3 is 2.29 bits per heavy atom. The van der Waals surface area contributed by atoms with Gasteiger partial charge in [0.25, 0.3) is 0 Å². The monoisotopic (exact) mass is 460 g/mol. The molecule has 1 unspecified atom stereocenters. The molecule has 0 fully saturated rings. The van der Waals surface area contributed by atoms with Gasteiger partial charge in [0, 0.05) is 20.0 Å². The quantitative estimate of drug-likeness (QED) is 0.320. The molecule has 0 bridgehead atoms. The van der Waals surface area contributed by atoms with E-state index in [4.69, 9.17) is 0 Å². The summed E-state index contributed by atoms with van der Waals surface area (Å²) in [6.45, 7) is 4.67. The lowest BCUT2D eigenvalue weighted by atomic mass is 9.99. The Morgan fingerprint density at radius 1 is 0.882 bits per heavy atom. The summed E-state index contributed by atoms with van der Waals surface area (Å²) < 4.78 is 0. The number of hydrogen-bond acceptors (Lipinski definition) is 3. The number of amides is 2. The minimum atomic E-state index is -0.713. The minimum Gasteiger partial charge on any atom is -0.508 e. The Morgan fingerprint density at radius 2 is 1.56 bits per heavy atom. The highest BCUT2D eigenvalue weighted by atomic mass is 16.3. The van der Waals surface area contributed by atoms with E-state index in [0.717, 1.165) is 41.2 Å². The second-order valence-electron chi connectivity index (χ2n) is 8.88. The SMILES string of the molecule is CCCCCCCCN(C(C)=O)C(C(=O)NCc1ccccc1)c1ccc2cc(O)ccc2c1. The lowest BCUT2D eigenvalue weighted by molar-refractivity contribution is -0.139. The zero-order chi connectivity index (χ0) is 24.3. The first kappa shape index (κ1) is 25.3. The van der Waals surface area contributed by atoms with Gasteiger partial charge >= 0.3 is 0 Å². The topological polar surface area (TPSA) is 69.6 Å². The number of carbonyl (C=O) groups is 2. The number of benzene rings is 3. The number of phenolic OH excluding ortho intramolecular Hbond substituents is 1. The van der Waals surface area contributed by atoms with Crippen LogP contribution < -0.4 is 5.32 Å². The molecular formula is C29H36N2O3. The van der Waals surface area contributed by atoms with Crippen LogP contribution >= 0.6 is 0 Å². The normalized spacial score (nSPS) is 11.8. The summed E-state index contributed by atoms with van der Waals surface area (Å²) in [6, 6.07) is 19.9. The van der Waals surface area contributed by atoms with Crippen molar-refractivity contribution in [3.05, 3.63) is 77.9 Å². The Kier molecular flexibility index (Phi) is 9.51. The molecule has 0 aliphatic heterocycles. The molecule has 0 saturated heterocycles. The van der Waals surface area contributed by atoms with Crippen molar-refractivity contribution >= 4 is 22.6 Å². The van der Waals surface area contributed by atoms with Crippen LogP contribution in [0.1, 0.15) is 69.5 Å². The van der Waals surface area contributed by atoms with Gasteiger partial charge in [0.15, 0.2) is 0 Å². The Balaban J connectivity index is 1.84. The van der Waals surface area contributed by atoms with Crippen molar-refractivity contribution in [1.29, 1.82) is 0 Å². The van der Waals surface area contributed by atoms with Crippen molar-refractivity contribution in [2.45, 2.75) is 65.0 Å². The van der Waals surface area contributed by atoms with Gasteiger partial charge in [-0.1, -0.05) is 87.6 Å². The number of rotatable bonds is 12. The zero-order valence-electron chi connectivity index (χ0n) is 20.3. The number of carbonyl (C=O) groups excluding carboxylic acids is 2. The maximum atomic E-state index is 13.5. The highest BCUT2D eigenvalue weighted by Gasteiger charge is 2.29. The third-order valence-corrected chi connectivity index (χ3v) is 6.19. The molecule has 1 atom stereocenters. The van der Waals surface area contributed by atoms with Gasteiger partial charge in [-0.25, -0.2) is 0 Å². The van der Waals surface area contributed by atoms with Crippen molar-refractivity contribution in [2.75, 3.05) is 6.54 Å². The Labute approximate surface area is 202 Å². The Bertz CT molecular complexity index is 1080. The molecule has 0 radical (unpaired) electrons. The van der Waals surface area contributed by atoms with E-state index in [1.165, 1.54) is 26.2 Å². The molecule has 2 amide bonds. The van der Waals surface area contributed by atoms with E-state index in [1.54, 1.807) is 17.0 Å². The first-order chi connectivity index (χ1) is 16.5. The van der Waals surface area contributed by atoms with E-state index < -0.39 is 6.04 Å². The van der Waals surface area contributed by atoms with Gasteiger partial charge in [0.05, 0.1) is 0 Å². The van der Waals surface area contributed by atoms with Crippen molar-refractivity contribution in [1.82, 2.24) is 10.2 Å². The van der Waals surface area contributed by atoms with Crippen LogP contribution in [0.5, 0.6) is 5.75 Å². The lowest BCUT2D eigenvalue weighted by Crippen LogP contribution is -2.43. The minimum absolute atomic E-state index is 0.112. The molecule has 0 aliphatic rings. The van der Waals surface area contributed by atoms with E-state index in [-0.39, 0.29) is 17.6 Å². The fourth-order valence-electron chi connectivity index (χ4n) is 4.31. The number of phenols is 1. The maximum absolute atomic E-state index is 13.5. The van der Waals surface area contributed by atoms with Gasteiger partial charge in [-0.15, -0.1) is 0 Å². The average Bonchev–Trinajstić information content (AvgIpc) is 2.84. The van der Waals surface area contributed by atoms with Crippen LogP contribution in [0.2, 0.25) is 0 Å². The van der Waals surface area contributed by atoms with Gasteiger partial charge in [0.1, 0.15) is 11.8 Å². The third-order valence-electron chi connectivity index (χ3n) is 6.19. The molecular weight excluding hydrogens is 424 g/mol. The molecule has 180 valence electrons. The molecule has 3 aromatic carbocycles. The van der Waals surface area contributed by atoms with E-state index >= 15 is 0 Å². The van der Waals surface area contributed by atoms with Crippen molar-refractivity contribution < 1.29 is 14.7 Å². The second kappa shape index (κ2) is 12.8. The predicted molar refractivity (Wildman–Crippen MR) is 137 cm³/mol. The van der Waals surface area contributed by atoms with Gasteiger partial charge in [-0.05, 0) is 46.5 Å².